The summed E-state index contributed by atoms with van der Waals surface area (Å²) in [4.78, 5) is 8.10. The Morgan fingerprint density at radius 1 is 1.33 bits per heavy atom. The molecule has 0 fully saturated rings. The number of hydrogen-bond donors (Lipinski definition) is 0. The van der Waals surface area contributed by atoms with E-state index in [4.69, 9.17) is 0 Å². The molecule has 0 unspecified atom stereocenters. The van der Waals surface area contributed by atoms with E-state index in [9.17, 15) is 0 Å². The van der Waals surface area contributed by atoms with Crippen LogP contribution in [0.3, 0.4) is 0 Å². The lowest BCUT2D eigenvalue weighted by Crippen LogP contribution is -1.82. The number of alkyl halides is 1. The normalized spacial score (nSPS) is 10.4. The average molecular weight is 223 g/mol. The molecule has 3 heteroatoms. The highest BCUT2D eigenvalue weighted by atomic mass is 79.9. The summed E-state index contributed by atoms with van der Waals surface area (Å²) < 4.78 is 0. The highest BCUT2D eigenvalue weighted by molar-refractivity contribution is 9.08. The second-order valence-electron chi connectivity index (χ2n) is 2.55. The standard InChI is InChI=1S/C9H7BrN2/c10-4-7-1-2-8-5-11-6-12-9(8)3-7/h1-3,5-6H,4H2. The fourth-order valence-corrected chi connectivity index (χ4v) is 1.45. The van der Waals surface area contributed by atoms with Crippen LogP contribution < -0.4 is 0 Å². The van der Waals surface area contributed by atoms with Crippen molar-refractivity contribution >= 4 is 26.8 Å². The minimum absolute atomic E-state index is 0.868. The smallest absolute Gasteiger partial charge is 0.116 e. The summed E-state index contributed by atoms with van der Waals surface area (Å²) in [5.41, 5.74) is 2.24. The van der Waals surface area contributed by atoms with Gasteiger partial charge in [-0.2, -0.15) is 0 Å². The molecule has 1 aromatic carbocycles. The zero-order chi connectivity index (χ0) is 8.39. The van der Waals surface area contributed by atoms with E-state index in [0.29, 0.717) is 0 Å². The topological polar surface area (TPSA) is 25.8 Å². The van der Waals surface area contributed by atoms with Crippen LogP contribution >= 0.6 is 15.9 Å². The van der Waals surface area contributed by atoms with Gasteiger partial charge in [0.2, 0.25) is 0 Å². The lowest BCUT2D eigenvalue weighted by molar-refractivity contribution is 1.22. The predicted molar refractivity (Wildman–Crippen MR) is 52.2 cm³/mol. The Bertz CT molecular complexity index is 400. The van der Waals surface area contributed by atoms with Crippen LogP contribution in [0, 0.1) is 0 Å². The Labute approximate surface area is 78.8 Å². The highest BCUT2D eigenvalue weighted by Gasteiger charge is 1.94. The Hall–Kier alpha value is -0.960. The molecule has 1 aromatic heterocycles. The molecule has 0 aliphatic rings. The fraction of sp³-hybridized carbons (Fsp3) is 0.111. The molecule has 2 nitrogen and oxygen atoms in total. The van der Waals surface area contributed by atoms with Gasteiger partial charge in [0.25, 0.3) is 0 Å². The van der Waals surface area contributed by atoms with Crippen LogP contribution in [-0.2, 0) is 5.33 Å². The molecule has 0 saturated carbocycles. The molecule has 1 heterocycles. The summed E-state index contributed by atoms with van der Waals surface area (Å²) >= 11 is 3.40. The van der Waals surface area contributed by atoms with E-state index in [-0.39, 0.29) is 0 Å². The third-order valence-corrected chi connectivity index (χ3v) is 2.37. The van der Waals surface area contributed by atoms with Gasteiger partial charge >= 0.3 is 0 Å². The van der Waals surface area contributed by atoms with Gasteiger partial charge in [-0.3, -0.25) is 0 Å². The van der Waals surface area contributed by atoms with Crippen LogP contribution in [0.2, 0.25) is 0 Å². The Morgan fingerprint density at radius 3 is 3.08 bits per heavy atom. The Kier molecular flexibility index (Phi) is 2.04. The van der Waals surface area contributed by atoms with Crippen LogP contribution in [-0.4, -0.2) is 9.97 Å². The summed E-state index contributed by atoms with van der Waals surface area (Å²) in [5.74, 6) is 0. The largest absolute Gasteiger partial charge is 0.244 e. The van der Waals surface area contributed by atoms with Crippen molar-refractivity contribution in [1.82, 2.24) is 9.97 Å². The van der Waals surface area contributed by atoms with Gasteiger partial charge < -0.3 is 0 Å². The first-order chi connectivity index (χ1) is 5.90. The Morgan fingerprint density at radius 2 is 2.25 bits per heavy atom. The minimum atomic E-state index is 0.868. The number of halogens is 1. The molecule has 0 bridgehead atoms. The molecule has 0 aliphatic carbocycles. The van der Waals surface area contributed by atoms with Crippen LogP contribution in [0.5, 0.6) is 0 Å². The molecule has 0 atom stereocenters. The highest BCUT2D eigenvalue weighted by Crippen LogP contribution is 2.13. The molecule has 0 radical (unpaired) electrons. The second-order valence-corrected chi connectivity index (χ2v) is 3.11. The molecule has 0 spiro atoms. The van der Waals surface area contributed by atoms with E-state index in [0.717, 1.165) is 16.2 Å². The number of aromatic nitrogens is 2. The van der Waals surface area contributed by atoms with E-state index in [1.807, 2.05) is 12.3 Å². The van der Waals surface area contributed by atoms with E-state index < -0.39 is 0 Å². The summed E-state index contributed by atoms with van der Waals surface area (Å²) in [6, 6.07) is 6.16. The van der Waals surface area contributed by atoms with Gasteiger partial charge in [0.05, 0.1) is 5.52 Å². The van der Waals surface area contributed by atoms with E-state index in [1.54, 1.807) is 6.33 Å². The SMILES string of the molecule is BrCc1ccc2cncnc2c1. The van der Waals surface area contributed by atoms with Gasteiger partial charge in [-0.05, 0) is 11.6 Å². The van der Waals surface area contributed by atoms with Crippen LogP contribution in [0.1, 0.15) is 5.56 Å². The number of rotatable bonds is 1. The first kappa shape index (κ1) is 7.68. The number of fused-ring (bicyclic) bond motifs is 1. The zero-order valence-electron chi connectivity index (χ0n) is 6.37. The molecule has 0 saturated heterocycles. The zero-order valence-corrected chi connectivity index (χ0v) is 7.95. The molecule has 0 aliphatic heterocycles. The molecule has 0 N–H and O–H groups in total. The third kappa shape index (κ3) is 1.32. The first-order valence-corrected chi connectivity index (χ1v) is 4.77. The summed E-state index contributed by atoms with van der Waals surface area (Å²) in [5, 5.41) is 1.95. The van der Waals surface area contributed by atoms with Gasteiger partial charge in [-0.25, -0.2) is 9.97 Å². The summed E-state index contributed by atoms with van der Waals surface area (Å²) in [7, 11) is 0. The monoisotopic (exact) mass is 222 g/mol. The minimum Gasteiger partial charge on any atom is -0.244 e. The molecule has 2 rings (SSSR count). The van der Waals surface area contributed by atoms with Gasteiger partial charge in [-0.1, -0.05) is 28.1 Å². The first-order valence-electron chi connectivity index (χ1n) is 3.65. The predicted octanol–water partition coefficient (Wildman–Crippen LogP) is 2.52. The molecule has 60 valence electrons. The van der Waals surface area contributed by atoms with E-state index in [1.165, 1.54) is 5.56 Å². The van der Waals surface area contributed by atoms with Crippen molar-refractivity contribution in [3.63, 3.8) is 0 Å². The van der Waals surface area contributed by atoms with Crippen molar-refractivity contribution in [3.8, 4) is 0 Å². The maximum atomic E-state index is 4.16. The molecule has 12 heavy (non-hydrogen) atoms. The molecular formula is C9H7BrN2. The third-order valence-electron chi connectivity index (χ3n) is 1.73. The van der Waals surface area contributed by atoms with Crippen molar-refractivity contribution in [1.29, 1.82) is 0 Å². The lowest BCUT2D eigenvalue weighted by Gasteiger charge is -1.97. The summed E-state index contributed by atoms with van der Waals surface area (Å²) in [6.07, 6.45) is 3.39. The van der Waals surface area contributed by atoms with E-state index in [2.05, 4.69) is 38.0 Å². The van der Waals surface area contributed by atoms with Gasteiger partial charge in [-0.15, -0.1) is 0 Å². The summed E-state index contributed by atoms with van der Waals surface area (Å²) in [6.45, 7) is 0. The van der Waals surface area contributed by atoms with Crippen molar-refractivity contribution in [3.05, 3.63) is 36.3 Å². The van der Waals surface area contributed by atoms with Crippen molar-refractivity contribution < 1.29 is 0 Å². The van der Waals surface area contributed by atoms with Gasteiger partial charge in [0.1, 0.15) is 6.33 Å². The lowest BCUT2D eigenvalue weighted by atomic mass is 10.2. The molecular weight excluding hydrogens is 216 g/mol. The van der Waals surface area contributed by atoms with Gasteiger partial charge in [0, 0.05) is 16.9 Å². The van der Waals surface area contributed by atoms with Gasteiger partial charge in [0.15, 0.2) is 0 Å². The number of hydrogen-bond acceptors (Lipinski definition) is 2. The molecule has 2 aromatic rings. The maximum absolute atomic E-state index is 4.16. The van der Waals surface area contributed by atoms with Crippen molar-refractivity contribution in [2.24, 2.45) is 0 Å². The maximum Gasteiger partial charge on any atom is 0.116 e. The van der Waals surface area contributed by atoms with Crippen molar-refractivity contribution in [2.45, 2.75) is 5.33 Å². The average Bonchev–Trinajstić information content (AvgIpc) is 2.17. The van der Waals surface area contributed by atoms with Crippen LogP contribution in [0.15, 0.2) is 30.7 Å². The fourth-order valence-electron chi connectivity index (χ4n) is 1.10. The number of benzene rings is 1. The van der Waals surface area contributed by atoms with Crippen molar-refractivity contribution in [2.75, 3.05) is 0 Å². The Balaban J connectivity index is 2.67. The number of nitrogens with zero attached hydrogens (tertiary/aromatic N) is 2. The second kappa shape index (κ2) is 3.19. The van der Waals surface area contributed by atoms with Crippen LogP contribution in [0.25, 0.3) is 10.9 Å². The quantitative estimate of drug-likeness (QED) is 0.694. The molecule has 0 amide bonds. The van der Waals surface area contributed by atoms with Crippen LogP contribution in [0.4, 0.5) is 0 Å². The van der Waals surface area contributed by atoms with E-state index >= 15 is 0 Å².